The van der Waals surface area contributed by atoms with Gasteiger partial charge < -0.3 is 14.0 Å². The fourth-order valence-electron chi connectivity index (χ4n) is 1.43. The van der Waals surface area contributed by atoms with Gasteiger partial charge in [0.1, 0.15) is 5.15 Å². The Morgan fingerprint density at radius 1 is 1.44 bits per heavy atom. The number of imidazole rings is 1. The van der Waals surface area contributed by atoms with Gasteiger partial charge in [0, 0.05) is 21.3 Å². The van der Waals surface area contributed by atoms with E-state index in [0.29, 0.717) is 0 Å². The summed E-state index contributed by atoms with van der Waals surface area (Å²) >= 11 is 5.84. The van der Waals surface area contributed by atoms with E-state index < -0.39 is 22.4 Å². The Kier molecular flexibility index (Phi) is 5.11. The lowest BCUT2D eigenvalue weighted by Crippen LogP contribution is -2.43. The Hall–Kier alpha value is -0.670. The Bertz CT molecular complexity index is 498. The van der Waals surface area contributed by atoms with Crippen molar-refractivity contribution in [2.45, 2.75) is 24.3 Å². The van der Waals surface area contributed by atoms with Crippen LogP contribution >= 0.6 is 11.6 Å². The van der Waals surface area contributed by atoms with E-state index in [9.17, 15) is 8.42 Å². The number of aryl methyl sites for hydroxylation is 1. The molecular formula is C9H16ClN3O4S. The first-order chi connectivity index (χ1) is 8.33. The maximum Gasteiger partial charge on any atom is 0.261 e. The monoisotopic (exact) mass is 297 g/mol. The highest BCUT2D eigenvalue weighted by molar-refractivity contribution is 7.89. The van der Waals surface area contributed by atoms with Crippen LogP contribution in [0.25, 0.3) is 0 Å². The number of halogens is 1. The smallest absolute Gasteiger partial charge is 0.261 e. The molecule has 104 valence electrons. The van der Waals surface area contributed by atoms with Crippen LogP contribution in [-0.2, 0) is 26.5 Å². The van der Waals surface area contributed by atoms with Crippen LogP contribution in [0, 0.1) is 0 Å². The molecule has 1 aromatic rings. The van der Waals surface area contributed by atoms with Crippen LogP contribution in [0.3, 0.4) is 0 Å². The van der Waals surface area contributed by atoms with Gasteiger partial charge in [0.05, 0.1) is 12.4 Å². The highest BCUT2D eigenvalue weighted by Crippen LogP contribution is 2.19. The average Bonchev–Trinajstić information content (AvgIpc) is 2.61. The molecular weight excluding hydrogens is 282 g/mol. The molecule has 1 rings (SSSR count). The van der Waals surface area contributed by atoms with Crippen LogP contribution in [0.5, 0.6) is 0 Å². The summed E-state index contributed by atoms with van der Waals surface area (Å²) < 4.78 is 37.8. The van der Waals surface area contributed by atoms with E-state index in [-0.39, 0.29) is 10.2 Å². The molecule has 1 aromatic heterocycles. The third-order valence-corrected chi connectivity index (χ3v) is 4.35. The fraction of sp³-hybridized carbons (Fsp3) is 0.667. The van der Waals surface area contributed by atoms with Gasteiger partial charge in [-0.2, -0.15) is 0 Å². The average molecular weight is 298 g/mol. The summed E-state index contributed by atoms with van der Waals surface area (Å²) in [6.45, 7) is 1.62. The standard InChI is InChI=1S/C9H16ClN3O4S/c1-6(9(16-3)17-4)12-18(14,15)8-7(10)13(2)5-11-8/h5-6,9,12H,1-4H3. The summed E-state index contributed by atoms with van der Waals surface area (Å²) in [7, 11) is 0.640. The van der Waals surface area contributed by atoms with Crippen molar-refractivity contribution in [2.24, 2.45) is 7.05 Å². The molecule has 1 atom stereocenters. The molecule has 0 fully saturated rings. The van der Waals surface area contributed by atoms with E-state index >= 15 is 0 Å². The normalized spacial score (nSPS) is 14.1. The number of sulfonamides is 1. The second-order valence-electron chi connectivity index (χ2n) is 3.70. The lowest BCUT2D eigenvalue weighted by molar-refractivity contribution is -0.115. The highest BCUT2D eigenvalue weighted by Gasteiger charge is 2.27. The van der Waals surface area contributed by atoms with Crippen molar-refractivity contribution in [2.75, 3.05) is 14.2 Å². The van der Waals surface area contributed by atoms with Crippen molar-refractivity contribution < 1.29 is 17.9 Å². The van der Waals surface area contributed by atoms with E-state index in [1.165, 1.54) is 25.1 Å². The molecule has 18 heavy (non-hydrogen) atoms. The molecule has 1 heterocycles. The number of methoxy groups -OCH3 is 2. The van der Waals surface area contributed by atoms with Crippen LogP contribution < -0.4 is 4.72 Å². The SMILES string of the molecule is COC(OC)C(C)NS(=O)(=O)c1ncn(C)c1Cl. The minimum absolute atomic E-state index is 0.0427. The van der Waals surface area contributed by atoms with Crippen molar-refractivity contribution in [1.29, 1.82) is 0 Å². The minimum atomic E-state index is -3.81. The van der Waals surface area contributed by atoms with Crippen molar-refractivity contribution in [1.82, 2.24) is 14.3 Å². The van der Waals surface area contributed by atoms with Crippen molar-refractivity contribution in [3.63, 3.8) is 0 Å². The Balaban J connectivity index is 2.92. The quantitative estimate of drug-likeness (QED) is 0.767. The zero-order valence-corrected chi connectivity index (χ0v) is 12.1. The van der Waals surface area contributed by atoms with E-state index in [4.69, 9.17) is 21.1 Å². The second kappa shape index (κ2) is 5.98. The van der Waals surface area contributed by atoms with Gasteiger partial charge in [0.15, 0.2) is 6.29 Å². The van der Waals surface area contributed by atoms with Gasteiger partial charge >= 0.3 is 0 Å². The zero-order chi connectivity index (χ0) is 13.9. The highest BCUT2D eigenvalue weighted by atomic mass is 35.5. The van der Waals surface area contributed by atoms with E-state index in [2.05, 4.69) is 9.71 Å². The minimum Gasteiger partial charge on any atom is -0.354 e. The Morgan fingerprint density at radius 3 is 2.39 bits per heavy atom. The summed E-state index contributed by atoms with van der Waals surface area (Å²) in [5.41, 5.74) is 0. The molecule has 1 unspecified atom stereocenters. The molecule has 0 saturated heterocycles. The molecule has 0 radical (unpaired) electrons. The predicted octanol–water partition coefficient (Wildman–Crippen LogP) is 0.359. The largest absolute Gasteiger partial charge is 0.354 e. The molecule has 0 spiro atoms. The Labute approximate surface area is 111 Å². The molecule has 9 heteroatoms. The fourth-order valence-corrected chi connectivity index (χ4v) is 3.10. The third-order valence-electron chi connectivity index (χ3n) is 2.30. The number of hydrogen-bond donors (Lipinski definition) is 1. The number of ether oxygens (including phenoxy) is 2. The summed E-state index contributed by atoms with van der Waals surface area (Å²) in [5.74, 6) is 0. The van der Waals surface area contributed by atoms with Crippen molar-refractivity contribution in [3.8, 4) is 0 Å². The van der Waals surface area contributed by atoms with Crippen molar-refractivity contribution >= 4 is 21.6 Å². The molecule has 0 aliphatic rings. The first-order valence-corrected chi connectivity index (χ1v) is 6.94. The summed E-state index contributed by atoms with van der Waals surface area (Å²) in [6.07, 6.45) is 0.633. The van der Waals surface area contributed by atoms with Crippen molar-refractivity contribution in [3.05, 3.63) is 11.5 Å². The first kappa shape index (κ1) is 15.4. The summed E-state index contributed by atoms with van der Waals surface area (Å²) in [5, 5.41) is -0.175. The molecule has 0 aromatic carbocycles. The number of aromatic nitrogens is 2. The molecule has 0 saturated carbocycles. The van der Waals surface area contributed by atoms with Gasteiger partial charge in [-0.15, -0.1) is 0 Å². The van der Waals surface area contributed by atoms with E-state index in [1.54, 1.807) is 14.0 Å². The van der Waals surface area contributed by atoms with Crippen LogP contribution in [0.4, 0.5) is 0 Å². The maximum absolute atomic E-state index is 12.0. The van der Waals surface area contributed by atoms with Crippen LogP contribution in [-0.4, -0.2) is 44.5 Å². The van der Waals surface area contributed by atoms with Gasteiger partial charge in [-0.3, -0.25) is 0 Å². The summed E-state index contributed by atoms with van der Waals surface area (Å²) in [6, 6.07) is -0.580. The topological polar surface area (TPSA) is 82.4 Å². The molecule has 0 aliphatic carbocycles. The number of rotatable bonds is 6. The van der Waals surface area contributed by atoms with Crippen LogP contribution in [0.15, 0.2) is 11.4 Å². The van der Waals surface area contributed by atoms with Crippen LogP contribution in [0.2, 0.25) is 5.15 Å². The zero-order valence-electron chi connectivity index (χ0n) is 10.5. The maximum atomic E-state index is 12.0. The number of hydrogen-bond acceptors (Lipinski definition) is 5. The van der Waals surface area contributed by atoms with E-state index in [0.717, 1.165) is 0 Å². The lowest BCUT2D eigenvalue weighted by atomic mass is 10.3. The predicted molar refractivity (Wildman–Crippen MR) is 65.8 cm³/mol. The number of nitrogens with one attached hydrogen (secondary N) is 1. The molecule has 7 nitrogen and oxygen atoms in total. The Morgan fingerprint density at radius 2 is 2.00 bits per heavy atom. The summed E-state index contributed by atoms with van der Waals surface area (Å²) in [4.78, 5) is 3.75. The van der Waals surface area contributed by atoms with Gasteiger partial charge in [0.25, 0.3) is 10.0 Å². The molecule has 0 bridgehead atoms. The molecule has 0 aliphatic heterocycles. The number of nitrogens with zero attached hydrogens (tertiary/aromatic N) is 2. The first-order valence-electron chi connectivity index (χ1n) is 5.08. The van der Waals surface area contributed by atoms with E-state index in [1.807, 2.05) is 0 Å². The molecule has 1 N–H and O–H groups in total. The van der Waals surface area contributed by atoms with Gasteiger partial charge in [0.2, 0.25) is 5.03 Å². The second-order valence-corrected chi connectivity index (χ2v) is 5.69. The van der Waals surface area contributed by atoms with Gasteiger partial charge in [-0.25, -0.2) is 18.1 Å². The van der Waals surface area contributed by atoms with Gasteiger partial charge in [-0.1, -0.05) is 11.6 Å². The third kappa shape index (κ3) is 3.21. The lowest BCUT2D eigenvalue weighted by Gasteiger charge is -2.21. The van der Waals surface area contributed by atoms with Crippen LogP contribution in [0.1, 0.15) is 6.92 Å². The van der Waals surface area contributed by atoms with Gasteiger partial charge in [-0.05, 0) is 6.92 Å². The molecule has 0 amide bonds.